The van der Waals surface area contributed by atoms with E-state index < -0.39 is 0 Å². The first-order chi connectivity index (χ1) is 17.0. The number of halogens is 1. The number of methoxy groups -OCH3 is 1. The predicted molar refractivity (Wildman–Crippen MR) is 138 cm³/mol. The van der Waals surface area contributed by atoms with Crippen molar-refractivity contribution in [2.24, 2.45) is 0 Å². The van der Waals surface area contributed by atoms with Gasteiger partial charge in [0.1, 0.15) is 5.75 Å². The minimum Gasteiger partial charge on any atom is -0.497 e. The van der Waals surface area contributed by atoms with Crippen LogP contribution in [0.3, 0.4) is 0 Å². The summed E-state index contributed by atoms with van der Waals surface area (Å²) in [4.78, 5) is 36.4. The van der Waals surface area contributed by atoms with Gasteiger partial charge in [-0.1, -0.05) is 30.9 Å². The Morgan fingerprint density at radius 1 is 1.00 bits per heavy atom. The summed E-state index contributed by atoms with van der Waals surface area (Å²) in [5, 5.41) is 7.05. The lowest BCUT2D eigenvalue weighted by molar-refractivity contribution is -0.120. The van der Waals surface area contributed by atoms with Crippen molar-refractivity contribution in [3.05, 3.63) is 64.3 Å². The Labute approximate surface area is 210 Å². The fourth-order valence-electron chi connectivity index (χ4n) is 4.19. The van der Waals surface area contributed by atoms with Crippen molar-refractivity contribution < 1.29 is 19.1 Å². The first kappa shape index (κ1) is 26.3. The second kappa shape index (κ2) is 13.0. The van der Waals surface area contributed by atoms with E-state index in [9.17, 15) is 14.4 Å². The minimum atomic E-state index is -0.177. The van der Waals surface area contributed by atoms with E-state index in [1.807, 2.05) is 25.1 Å². The SMILES string of the molecule is COc1ccc2c(c1)c(CC(=O)NCCCCCCCNC=O)c(C)n2C(=O)c1ccc(Cl)cc1. The van der Waals surface area contributed by atoms with Gasteiger partial charge >= 0.3 is 0 Å². The Balaban J connectivity index is 1.70. The number of ether oxygens (including phenoxy) is 1. The first-order valence-corrected chi connectivity index (χ1v) is 12.3. The van der Waals surface area contributed by atoms with Gasteiger partial charge < -0.3 is 15.4 Å². The Hall–Kier alpha value is -3.32. The lowest BCUT2D eigenvalue weighted by atomic mass is 10.1. The molecule has 3 aromatic rings. The maximum Gasteiger partial charge on any atom is 0.262 e. The van der Waals surface area contributed by atoms with Crippen LogP contribution in [0.1, 0.15) is 53.7 Å². The van der Waals surface area contributed by atoms with Gasteiger partial charge in [-0.15, -0.1) is 0 Å². The average molecular weight is 498 g/mol. The van der Waals surface area contributed by atoms with Crippen molar-refractivity contribution in [3.63, 3.8) is 0 Å². The van der Waals surface area contributed by atoms with Crippen molar-refractivity contribution in [1.29, 1.82) is 0 Å². The summed E-state index contributed by atoms with van der Waals surface area (Å²) in [5.74, 6) is 0.409. The van der Waals surface area contributed by atoms with E-state index in [0.29, 0.717) is 29.4 Å². The van der Waals surface area contributed by atoms with E-state index >= 15 is 0 Å². The number of nitrogens with one attached hydrogen (secondary N) is 2. The van der Waals surface area contributed by atoms with Crippen LogP contribution in [-0.4, -0.2) is 43.0 Å². The number of hydrogen-bond acceptors (Lipinski definition) is 4. The van der Waals surface area contributed by atoms with Crippen molar-refractivity contribution in [3.8, 4) is 5.75 Å². The van der Waals surface area contributed by atoms with Gasteiger partial charge in [0.25, 0.3) is 5.91 Å². The fraction of sp³-hybridized carbons (Fsp3) is 0.370. The van der Waals surface area contributed by atoms with Gasteiger partial charge in [0.15, 0.2) is 0 Å². The second-order valence-corrected chi connectivity index (χ2v) is 8.90. The highest BCUT2D eigenvalue weighted by atomic mass is 35.5. The molecule has 0 radical (unpaired) electrons. The third-order valence-corrected chi connectivity index (χ3v) is 6.33. The van der Waals surface area contributed by atoms with Gasteiger partial charge in [0, 0.05) is 34.8 Å². The summed E-state index contributed by atoms with van der Waals surface area (Å²) in [5.41, 5.74) is 2.78. The molecule has 1 aromatic heterocycles. The van der Waals surface area contributed by atoms with Gasteiger partial charge in [0.05, 0.1) is 19.0 Å². The number of fused-ring (bicyclic) bond motifs is 1. The van der Waals surface area contributed by atoms with Crippen LogP contribution < -0.4 is 15.4 Å². The Morgan fingerprint density at radius 2 is 1.69 bits per heavy atom. The normalized spacial score (nSPS) is 10.8. The van der Waals surface area contributed by atoms with E-state index in [0.717, 1.165) is 60.7 Å². The second-order valence-electron chi connectivity index (χ2n) is 8.46. The van der Waals surface area contributed by atoms with Gasteiger partial charge in [-0.25, -0.2) is 0 Å². The molecule has 1 heterocycles. The summed E-state index contributed by atoms with van der Waals surface area (Å²) in [6.07, 6.45) is 5.90. The molecule has 0 saturated carbocycles. The van der Waals surface area contributed by atoms with Crippen molar-refractivity contribution in [2.45, 2.75) is 45.4 Å². The summed E-state index contributed by atoms with van der Waals surface area (Å²) < 4.78 is 7.05. The van der Waals surface area contributed by atoms with Crippen molar-refractivity contribution in [2.75, 3.05) is 20.2 Å². The molecule has 2 N–H and O–H groups in total. The molecule has 8 heteroatoms. The summed E-state index contributed by atoms with van der Waals surface area (Å²) in [7, 11) is 1.59. The maximum absolute atomic E-state index is 13.4. The van der Waals surface area contributed by atoms with Crippen LogP contribution in [0.4, 0.5) is 0 Å². The predicted octanol–water partition coefficient (Wildman–Crippen LogP) is 4.66. The monoisotopic (exact) mass is 497 g/mol. The molecule has 2 amide bonds. The number of amides is 2. The Bertz CT molecular complexity index is 1170. The lowest BCUT2D eigenvalue weighted by Crippen LogP contribution is -2.26. The number of benzene rings is 2. The molecule has 0 atom stereocenters. The molecule has 2 aromatic carbocycles. The quantitative estimate of drug-likeness (QED) is 0.265. The van der Waals surface area contributed by atoms with Gasteiger partial charge in [0.2, 0.25) is 12.3 Å². The third-order valence-electron chi connectivity index (χ3n) is 6.08. The number of hydrogen-bond donors (Lipinski definition) is 2. The molecular weight excluding hydrogens is 466 g/mol. The van der Waals surface area contributed by atoms with Crippen LogP contribution in [0, 0.1) is 6.92 Å². The van der Waals surface area contributed by atoms with E-state index in [1.54, 1.807) is 35.9 Å². The smallest absolute Gasteiger partial charge is 0.262 e. The molecule has 186 valence electrons. The zero-order valence-electron chi connectivity index (χ0n) is 20.2. The largest absolute Gasteiger partial charge is 0.497 e. The van der Waals surface area contributed by atoms with Crippen molar-refractivity contribution in [1.82, 2.24) is 15.2 Å². The molecule has 0 aliphatic carbocycles. The van der Waals surface area contributed by atoms with Crippen LogP contribution in [0.25, 0.3) is 10.9 Å². The van der Waals surface area contributed by atoms with Crippen LogP contribution >= 0.6 is 11.6 Å². The molecule has 35 heavy (non-hydrogen) atoms. The lowest BCUT2D eigenvalue weighted by Gasteiger charge is -2.08. The molecule has 0 unspecified atom stereocenters. The molecule has 0 fully saturated rings. The number of aromatic nitrogens is 1. The van der Waals surface area contributed by atoms with Crippen LogP contribution in [-0.2, 0) is 16.0 Å². The molecule has 0 bridgehead atoms. The molecule has 3 rings (SSSR count). The molecule has 7 nitrogen and oxygen atoms in total. The fourth-order valence-corrected chi connectivity index (χ4v) is 4.31. The highest BCUT2D eigenvalue weighted by Gasteiger charge is 2.22. The standard InChI is InChI=1S/C27H32ClN3O4/c1-19-23(17-26(33)30-15-7-5-3-4-6-14-29-18-32)24-16-22(35-2)12-13-25(24)31(19)27(34)20-8-10-21(28)11-9-20/h8-13,16,18H,3-7,14-15,17H2,1-2H3,(H,29,32)(H,30,33). The minimum absolute atomic E-state index is 0.0795. The van der Waals surface area contributed by atoms with E-state index in [1.165, 1.54) is 0 Å². The average Bonchev–Trinajstić information content (AvgIpc) is 3.13. The summed E-state index contributed by atoms with van der Waals surface area (Å²) >= 11 is 5.99. The Kier molecular flexibility index (Phi) is 9.73. The van der Waals surface area contributed by atoms with Crippen LogP contribution in [0.2, 0.25) is 5.02 Å². The summed E-state index contributed by atoms with van der Waals surface area (Å²) in [6.45, 7) is 3.18. The maximum atomic E-state index is 13.4. The number of carbonyl (C=O) groups excluding carboxylic acids is 3. The third kappa shape index (κ3) is 6.85. The zero-order chi connectivity index (χ0) is 25.2. The number of carbonyl (C=O) groups is 3. The molecular formula is C27H32ClN3O4. The van der Waals surface area contributed by atoms with E-state index in [4.69, 9.17) is 16.3 Å². The first-order valence-electron chi connectivity index (χ1n) is 11.9. The number of nitrogens with zero attached hydrogens (tertiary/aromatic N) is 1. The highest BCUT2D eigenvalue weighted by Crippen LogP contribution is 2.30. The topological polar surface area (TPSA) is 89.4 Å². The van der Waals surface area contributed by atoms with Gasteiger partial charge in [-0.05, 0) is 67.8 Å². The summed E-state index contributed by atoms with van der Waals surface area (Å²) in [6, 6.07) is 12.3. The molecule has 0 saturated heterocycles. The van der Waals surface area contributed by atoms with Gasteiger partial charge in [-0.3, -0.25) is 19.0 Å². The van der Waals surface area contributed by atoms with E-state index in [2.05, 4.69) is 10.6 Å². The van der Waals surface area contributed by atoms with E-state index in [-0.39, 0.29) is 18.2 Å². The van der Waals surface area contributed by atoms with Gasteiger partial charge in [-0.2, -0.15) is 0 Å². The van der Waals surface area contributed by atoms with Crippen LogP contribution in [0.5, 0.6) is 5.75 Å². The Morgan fingerprint density at radius 3 is 2.37 bits per heavy atom. The van der Waals surface area contributed by atoms with Crippen LogP contribution in [0.15, 0.2) is 42.5 Å². The number of unbranched alkanes of at least 4 members (excludes halogenated alkanes) is 4. The molecule has 0 spiro atoms. The number of rotatable bonds is 13. The zero-order valence-corrected chi connectivity index (χ0v) is 21.0. The molecule has 0 aliphatic heterocycles. The van der Waals surface area contributed by atoms with Crippen molar-refractivity contribution >= 4 is 40.7 Å². The highest BCUT2D eigenvalue weighted by molar-refractivity contribution is 6.30. The molecule has 0 aliphatic rings.